The van der Waals surface area contributed by atoms with Gasteiger partial charge in [0.15, 0.2) is 0 Å². The van der Waals surface area contributed by atoms with E-state index in [-0.39, 0.29) is 23.2 Å². The molecule has 22 heavy (non-hydrogen) atoms. The first kappa shape index (κ1) is 16.1. The number of nitrogens with one attached hydrogen (secondary N) is 2. The Balaban J connectivity index is 2.09. The summed E-state index contributed by atoms with van der Waals surface area (Å²) < 4.78 is 39.5. The molecule has 0 bridgehead atoms. The molecule has 2 aromatic rings. The molecule has 2 aromatic carbocycles. The second-order valence-corrected chi connectivity index (χ2v) is 6.32. The summed E-state index contributed by atoms with van der Waals surface area (Å²) in [7, 11) is -2.20. The van der Waals surface area contributed by atoms with Crippen molar-refractivity contribution in [2.45, 2.75) is 11.4 Å². The van der Waals surface area contributed by atoms with Gasteiger partial charge in [-0.25, -0.2) is 17.5 Å². The second-order valence-electron chi connectivity index (χ2n) is 4.55. The second kappa shape index (κ2) is 6.67. The van der Waals surface area contributed by atoms with Gasteiger partial charge in [-0.1, -0.05) is 12.1 Å². The van der Waals surface area contributed by atoms with Gasteiger partial charge in [0.1, 0.15) is 5.82 Å². The van der Waals surface area contributed by atoms with Crippen molar-refractivity contribution in [2.24, 2.45) is 0 Å². The zero-order valence-electron chi connectivity index (χ0n) is 11.8. The summed E-state index contributed by atoms with van der Waals surface area (Å²) in [5.41, 5.74) is 1.02. The van der Waals surface area contributed by atoms with E-state index >= 15 is 0 Å². The molecule has 2 N–H and O–H groups in total. The number of hydrogen-bond donors (Lipinski definition) is 2. The van der Waals surface area contributed by atoms with E-state index in [1.54, 1.807) is 0 Å². The van der Waals surface area contributed by atoms with Crippen molar-refractivity contribution >= 4 is 15.9 Å². The average molecular weight is 322 g/mol. The zero-order chi connectivity index (χ0) is 16.2. The normalized spacial score (nSPS) is 11.2. The molecule has 0 atom stereocenters. The molecule has 0 unspecified atom stereocenters. The number of hydrogen-bond acceptors (Lipinski definition) is 3. The Morgan fingerprint density at radius 3 is 2.18 bits per heavy atom. The number of benzene rings is 2. The Labute approximate surface area is 128 Å². The Bertz CT molecular complexity index is 756. The molecule has 116 valence electrons. The van der Waals surface area contributed by atoms with Crippen LogP contribution in [0.25, 0.3) is 0 Å². The fourth-order valence-electron chi connectivity index (χ4n) is 1.79. The molecule has 0 radical (unpaired) electrons. The van der Waals surface area contributed by atoms with Gasteiger partial charge < -0.3 is 5.32 Å². The maximum absolute atomic E-state index is 12.8. The highest BCUT2D eigenvalue weighted by atomic mass is 32.2. The van der Waals surface area contributed by atoms with Gasteiger partial charge in [0.25, 0.3) is 5.91 Å². The zero-order valence-corrected chi connectivity index (χ0v) is 12.7. The number of sulfonamides is 1. The Hall–Kier alpha value is -2.25. The van der Waals surface area contributed by atoms with Crippen LogP contribution in [-0.2, 0) is 16.6 Å². The van der Waals surface area contributed by atoms with Gasteiger partial charge in [-0.15, -0.1) is 0 Å². The predicted molar refractivity (Wildman–Crippen MR) is 80.3 cm³/mol. The minimum atomic E-state index is -3.69. The van der Waals surface area contributed by atoms with Gasteiger partial charge in [-0.05, 0) is 42.0 Å². The summed E-state index contributed by atoms with van der Waals surface area (Å²) in [6, 6.07) is 11.1. The van der Waals surface area contributed by atoms with E-state index in [4.69, 9.17) is 0 Å². The van der Waals surface area contributed by atoms with E-state index in [1.807, 2.05) is 0 Å². The van der Waals surface area contributed by atoms with Crippen molar-refractivity contribution < 1.29 is 17.6 Å². The molecule has 5 nitrogen and oxygen atoms in total. The van der Waals surface area contributed by atoms with Gasteiger partial charge in [-0.3, -0.25) is 4.79 Å². The number of carbonyl (C=O) groups excluding carboxylic acids is 1. The number of carbonyl (C=O) groups is 1. The largest absolute Gasteiger partial charge is 0.355 e. The first-order valence-corrected chi connectivity index (χ1v) is 7.97. The molecular weight excluding hydrogens is 307 g/mol. The fraction of sp³-hybridized carbons (Fsp3) is 0.133. The standard InChI is InChI=1S/C15H15FN2O3S/c1-17-15(19)12-4-8-14(9-5-12)22(20,21)18-10-11-2-6-13(16)7-3-11/h2-9,18H,10H2,1H3,(H,17,19). The van der Waals surface area contributed by atoms with Crippen molar-refractivity contribution in [3.05, 3.63) is 65.5 Å². The van der Waals surface area contributed by atoms with Crippen LogP contribution >= 0.6 is 0 Å². The lowest BCUT2D eigenvalue weighted by Gasteiger charge is -2.07. The maximum atomic E-state index is 12.8. The molecular formula is C15H15FN2O3S. The summed E-state index contributed by atoms with van der Waals surface area (Å²) in [5.74, 6) is -0.667. The lowest BCUT2D eigenvalue weighted by atomic mass is 10.2. The van der Waals surface area contributed by atoms with Crippen molar-refractivity contribution in [1.82, 2.24) is 10.0 Å². The quantitative estimate of drug-likeness (QED) is 0.879. The van der Waals surface area contributed by atoms with Crippen molar-refractivity contribution in [3.8, 4) is 0 Å². The Kier molecular flexibility index (Phi) is 4.89. The van der Waals surface area contributed by atoms with Gasteiger partial charge >= 0.3 is 0 Å². The first-order valence-electron chi connectivity index (χ1n) is 6.48. The average Bonchev–Trinajstić information content (AvgIpc) is 2.54. The minimum Gasteiger partial charge on any atom is -0.355 e. The molecule has 1 amide bonds. The molecule has 0 saturated carbocycles. The fourth-order valence-corrected chi connectivity index (χ4v) is 2.81. The third-order valence-corrected chi connectivity index (χ3v) is 4.45. The highest BCUT2D eigenvalue weighted by Crippen LogP contribution is 2.11. The molecule has 0 heterocycles. The summed E-state index contributed by atoms with van der Waals surface area (Å²) in [4.78, 5) is 11.5. The molecule has 0 saturated heterocycles. The number of rotatable bonds is 5. The summed E-state index contributed by atoms with van der Waals surface area (Å²) >= 11 is 0. The summed E-state index contributed by atoms with van der Waals surface area (Å²) in [5, 5.41) is 2.46. The lowest BCUT2D eigenvalue weighted by Crippen LogP contribution is -2.23. The van der Waals surface area contributed by atoms with E-state index in [1.165, 1.54) is 55.6 Å². The van der Waals surface area contributed by atoms with Crippen LogP contribution in [0.15, 0.2) is 53.4 Å². The van der Waals surface area contributed by atoms with E-state index in [0.717, 1.165) is 0 Å². The van der Waals surface area contributed by atoms with Gasteiger partial charge in [0, 0.05) is 19.2 Å². The molecule has 0 aliphatic carbocycles. The third kappa shape index (κ3) is 3.90. The smallest absolute Gasteiger partial charge is 0.251 e. The Morgan fingerprint density at radius 1 is 1.05 bits per heavy atom. The number of halogens is 1. The van der Waals surface area contributed by atoms with Crippen LogP contribution in [0.2, 0.25) is 0 Å². The van der Waals surface area contributed by atoms with Crippen LogP contribution in [0.5, 0.6) is 0 Å². The molecule has 7 heteroatoms. The van der Waals surface area contributed by atoms with E-state index < -0.39 is 10.0 Å². The number of amides is 1. The van der Waals surface area contributed by atoms with Crippen LogP contribution in [0.4, 0.5) is 4.39 Å². The third-order valence-electron chi connectivity index (χ3n) is 3.03. The Morgan fingerprint density at radius 2 is 1.64 bits per heavy atom. The van der Waals surface area contributed by atoms with Crippen LogP contribution in [-0.4, -0.2) is 21.4 Å². The van der Waals surface area contributed by atoms with E-state index in [9.17, 15) is 17.6 Å². The predicted octanol–water partition coefficient (Wildman–Crippen LogP) is 1.66. The van der Waals surface area contributed by atoms with Crippen molar-refractivity contribution in [3.63, 3.8) is 0 Å². The van der Waals surface area contributed by atoms with Crippen LogP contribution in [0.3, 0.4) is 0 Å². The van der Waals surface area contributed by atoms with Crippen LogP contribution < -0.4 is 10.0 Å². The molecule has 0 aromatic heterocycles. The van der Waals surface area contributed by atoms with Crippen LogP contribution in [0.1, 0.15) is 15.9 Å². The maximum Gasteiger partial charge on any atom is 0.251 e. The lowest BCUT2D eigenvalue weighted by molar-refractivity contribution is 0.0963. The highest BCUT2D eigenvalue weighted by molar-refractivity contribution is 7.89. The molecule has 0 fully saturated rings. The van der Waals surface area contributed by atoms with E-state index in [0.29, 0.717) is 11.1 Å². The topological polar surface area (TPSA) is 75.3 Å². The van der Waals surface area contributed by atoms with E-state index in [2.05, 4.69) is 10.0 Å². The highest BCUT2D eigenvalue weighted by Gasteiger charge is 2.14. The summed E-state index contributed by atoms with van der Waals surface area (Å²) in [6.45, 7) is 0.0554. The van der Waals surface area contributed by atoms with Crippen molar-refractivity contribution in [2.75, 3.05) is 7.05 Å². The summed E-state index contributed by atoms with van der Waals surface area (Å²) in [6.07, 6.45) is 0. The van der Waals surface area contributed by atoms with Crippen molar-refractivity contribution in [1.29, 1.82) is 0 Å². The monoisotopic (exact) mass is 322 g/mol. The van der Waals surface area contributed by atoms with Gasteiger partial charge in [0.05, 0.1) is 4.90 Å². The molecule has 2 rings (SSSR count). The molecule has 0 aliphatic rings. The van der Waals surface area contributed by atoms with Gasteiger partial charge in [-0.2, -0.15) is 0 Å². The SMILES string of the molecule is CNC(=O)c1ccc(S(=O)(=O)NCc2ccc(F)cc2)cc1. The molecule has 0 spiro atoms. The first-order chi connectivity index (χ1) is 10.4. The van der Waals surface area contributed by atoms with Crippen LogP contribution in [0, 0.1) is 5.82 Å². The van der Waals surface area contributed by atoms with Gasteiger partial charge in [0.2, 0.25) is 10.0 Å². The minimum absolute atomic E-state index is 0.0554. The molecule has 0 aliphatic heterocycles.